The third kappa shape index (κ3) is 4.22. The van der Waals surface area contributed by atoms with E-state index < -0.39 is 0 Å². The first-order valence-electron chi connectivity index (χ1n) is 8.86. The number of benzene rings is 1. The Balaban J connectivity index is 0.00000208. The largest absolute Gasteiger partial charge is 0.497 e. The molecule has 1 amide bonds. The van der Waals surface area contributed by atoms with Crippen molar-refractivity contribution in [2.45, 2.75) is 43.9 Å². The molecule has 2 N–H and O–H groups in total. The molecule has 2 fully saturated rings. The van der Waals surface area contributed by atoms with E-state index in [1.165, 1.54) is 24.8 Å². The molecule has 0 spiro atoms. The monoisotopic (exact) mass is 352 g/mol. The van der Waals surface area contributed by atoms with Crippen LogP contribution in [0.4, 0.5) is 0 Å². The van der Waals surface area contributed by atoms with Crippen molar-refractivity contribution in [3.8, 4) is 5.75 Å². The van der Waals surface area contributed by atoms with Gasteiger partial charge in [0.2, 0.25) is 5.91 Å². The Morgan fingerprint density at radius 2 is 1.96 bits per heavy atom. The maximum atomic E-state index is 12.4. The van der Waals surface area contributed by atoms with Gasteiger partial charge in [0, 0.05) is 18.5 Å². The molecule has 1 aliphatic heterocycles. The van der Waals surface area contributed by atoms with Crippen LogP contribution in [0.15, 0.2) is 24.3 Å². The molecule has 1 aliphatic carbocycles. The predicted octanol–water partition coefficient (Wildman–Crippen LogP) is 3.04. The molecule has 1 aromatic carbocycles. The average molecular weight is 353 g/mol. The number of carbonyl (C=O) groups is 1. The van der Waals surface area contributed by atoms with Gasteiger partial charge in [0.05, 0.1) is 13.0 Å². The van der Waals surface area contributed by atoms with E-state index in [4.69, 9.17) is 4.74 Å². The number of rotatable bonds is 5. The van der Waals surface area contributed by atoms with E-state index in [1.807, 2.05) is 12.1 Å². The lowest BCUT2D eigenvalue weighted by molar-refractivity contribution is -0.124. The van der Waals surface area contributed by atoms with E-state index in [0.29, 0.717) is 0 Å². The minimum atomic E-state index is 0. The zero-order valence-corrected chi connectivity index (χ0v) is 15.3. The van der Waals surface area contributed by atoms with Gasteiger partial charge in [-0.25, -0.2) is 0 Å². The van der Waals surface area contributed by atoms with Crippen LogP contribution in [0.3, 0.4) is 0 Å². The summed E-state index contributed by atoms with van der Waals surface area (Å²) >= 11 is 0. The summed E-state index contributed by atoms with van der Waals surface area (Å²) < 4.78 is 5.28. The van der Waals surface area contributed by atoms with E-state index in [1.54, 1.807) is 7.11 Å². The number of nitrogens with one attached hydrogen (secondary N) is 2. The maximum Gasteiger partial charge on any atom is 0.224 e. The minimum Gasteiger partial charge on any atom is -0.497 e. The molecule has 0 bridgehead atoms. The highest BCUT2D eigenvalue weighted by Gasteiger charge is 2.35. The highest BCUT2D eigenvalue weighted by molar-refractivity contribution is 5.85. The van der Waals surface area contributed by atoms with Gasteiger partial charge in [0.25, 0.3) is 0 Å². The summed E-state index contributed by atoms with van der Waals surface area (Å²) in [7, 11) is 1.70. The van der Waals surface area contributed by atoms with E-state index >= 15 is 0 Å². The Morgan fingerprint density at radius 3 is 2.54 bits per heavy atom. The van der Waals surface area contributed by atoms with Gasteiger partial charge in [0.15, 0.2) is 0 Å². The van der Waals surface area contributed by atoms with Crippen molar-refractivity contribution in [3.05, 3.63) is 29.8 Å². The lowest BCUT2D eigenvalue weighted by atomic mass is 9.69. The third-order valence-corrected chi connectivity index (χ3v) is 5.55. The summed E-state index contributed by atoms with van der Waals surface area (Å²) in [5, 5.41) is 6.52. The highest BCUT2D eigenvalue weighted by Crippen LogP contribution is 2.39. The lowest BCUT2D eigenvalue weighted by Gasteiger charge is -2.38. The molecule has 0 aromatic heterocycles. The van der Waals surface area contributed by atoms with Crippen molar-refractivity contribution in [2.24, 2.45) is 5.92 Å². The zero-order valence-electron chi connectivity index (χ0n) is 14.5. The fourth-order valence-corrected chi connectivity index (χ4v) is 4.02. The maximum absolute atomic E-state index is 12.4. The molecule has 1 unspecified atom stereocenters. The number of hydrogen-bond donors (Lipinski definition) is 2. The van der Waals surface area contributed by atoms with Crippen LogP contribution in [-0.4, -0.2) is 32.7 Å². The van der Waals surface area contributed by atoms with Crippen LogP contribution < -0.4 is 15.4 Å². The van der Waals surface area contributed by atoms with Crippen LogP contribution in [-0.2, 0) is 10.2 Å². The fraction of sp³-hybridized carbons (Fsp3) is 0.632. The Kier molecular flexibility index (Phi) is 6.93. The Morgan fingerprint density at radius 1 is 1.25 bits per heavy atom. The molecule has 134 valence electrons. The zero-order chi connectivity index (χ0) is 16.1. The second-order valence-electron chi connectivity index (χ2n) is 6.98. The highest BCUT2D eigenvalue weighted by atomic mass is 35.5. The van der Waals surface area contributed by atoms with Crippen molar-refractivity contribution >= 4 is 18.3 Å². The molecule has 1 aromatic rings. The first-order chi connectivity index (χ1) is 11.2. The van der Waals surface area contributed by atoms with Crippen LogP contribution in [0.5, 0.6) is 5.75 Å². The smallest absolute Gasteiger partial charge is 0.224 e. The molecule has 1 saturated heterocycles. The van der Waals surface area contributed by atoms with Gasteiger partial charge in [-0.3, -0.25) is 4.79 Å². The van der Waals surface area contributed by atoms with Gasteiger partial charge in [-0.2, -0.15) is 0 Å². The van der Waals surface area contributed by atoms with Crippen LogP contribution in [0.25, 0.3) is 0 Å². The van der Waals surface area contributed by atoms with Gasteiger partial charge in [-0.15, -0.1) is 12.4 Å². The molecule has 2 aliphatic rings. The fourth-order valence-electron chi connectivity index (χ4n) is 4.02. The van der Waals surface area contributed by atoms with Crippen molar-refractivity contribution in [3.63, 3.8) is 0 Å². The summed E-state index contributed by atoms with van der Waals surface area (Å²) in [5.41, 5.74) is 1.43. The Labute approximate surface area is 151 Å². The first-order valence-corrected chi connectivity index (χ1v) is 8.86. The van der Waals surface area contributed by atoms with Gasteiger partial charge < -0.3 is 15.4 Å². The molecule has 4 nitrogen and oxygen atoms in total. The summed E-state index contributed by atoms with van der Waals surface area (Å²) in [6.45, 7) is 2.54. The molecule has 5 heteroatoms. The molecule has 1 atom stereocenters. The minimum absolute atomic E-state index is 0. The van der Waals surface area contributed by atoms with Crippen LogP contribution in [0.2, 0.25) is 0 Å². The number of amides is 1. The topological polar surface area (TPSA) is 50.4 Å². The molecule has 1 saturated carbocycles. The Hall–Kier alpha value is -1.26. The first kappa shape index (κ1) is 19.1. The Bertz CT molecular complexity index is 521. The van der Waals surface area contributed by atoms with E-state index in [2.05, 4.69) is 22.8 Å². The standard InChI is InChI=1S/C19H28N2O2.ClH/c1-23-17-7-5-16(6-8-17)19(10-3-2-4-11-19)14-21-18(22)15-9-12-20-13-15;/h5-8,15,20H,2-4,9-14H2,1H3,(H,21,22);1H. The van der Waals surface area contributed by atoms with E-state index in [9.17, 15) is 4.79 Å². The SMILES string of the molecule is COc1ccc(C2(CNC(=O)C3CCNC3)CCCCC2)cc1.Cl. The second kappa shape index (κ2) is 8.72. The summed E-state index contributed by atoms with van der Waals surface area (Å²) in [5.74, 6) is 1.25. The van der Waals surface area contributed by atoms with E-state index in [-0.39, 0.29) is 29.6 Å². The molecule has 3 rings (SSSR count). The number of halogens is 1. The third-order valence-electron chi connectivity index (χ3n) is 5.55. The van der Waals surface area contributed by atoms with Crippen molar-refractivity contribution in [1.29, 1.82) is 0 Å². The van der Waals surface area contributed by atoms with Gasteiger partial charge in [-0.05, 0) is 43.5 Å². The predicted molar refractivity (Wildman–Crippen MR) is 99.0 cm³/mol. The van der Waals surface area contributed by atoms with Crippen molar-refractivity contribution in [2.75, 3.05) is 26.7 Å². The van der Waals surface area contributed by atoms with Gasteiger partial charge in [0.1, 0.15) is 5.75 Å². The van der Waals surface area contributed by atoms with E-state index in [0.717, 1.165) is 44.6 Å². The molecule has 24 heavy (non-hydrogen) atoms. The van der Waals surface area contributed by atoms with Crippen LogP contribution in [0, 0.1) is 5.92 Å². The number of ether oxygens (including phenoxy) is 1. The summed E-state index contributed by atoms with van der Waals surface area (Å²) in [6, 6.07) is 8.42. The molecular formula is C19H29ClN2O2. The average Bonchev–Trinajstić information content (AvgIpc) is 3.15. The van der Waals surface area contributed by atoms with Crippen molar-refractivity contribution in [1.82, 2.24) is 10.6 Å². The quantitative estimate of drug-likeness (QED) is 0.856. The lowest BCUT2D eigenvalue weighted by Crippen LogP contribution is -2.44. The van der Waals surface area contributed by atoms with Crippen LogP contribution >= 0.6 is 12.4 Å². The van der Waals surface area contributed by atoms with Crippen molar-refractivity contribution < 1.29 is 9.53 Å². The van der Waals surface area contributed by atoms with Gasteiger partial charge >= 0.3 is 0 Å². The normalized spacial score (nSPS) is 22.5. The van der Waals surface area contributed by atoms with Crippen LogP contribution in [0.1, 0.15) is 44.1 Å². The molecule has 1 heterocycles. The summed E-state index contributed by atoms with van der Waals surface area (Å²) in [4.78, 5) is 12.4. The summed E-state index contributed by atoms with van der Waals surface area (Å²) in [6.07, 6.45) is 7.06. The number of hydrogen-bond acceptors (Lipinski definition) is 3. The van der Waals surface area contributed by atoms with Gasteiger partial charge in [-0.1, -0.05) is 31.4 Å². The number of carbonyl (C=O) groups excluding carboxylic acids is 1. The molecular weight excluding hydrogens is 324 g/mol. The number of methoxy groups -OCH3 is 1. The second-order valence-corrected chi connectivity index (χ2v) is 6.98. The molecule has 0 radical (unpaired) electrons.